The van der Waals surface area contributed by atoms with Gasteiger partial charge in [-0.2, -0.15) is 0 Å². The monoisotopic (exact) mass is 406 g/mol. The molecule has 0 saturated heterocycles. The SMILES string of the molecule is COc1nc(-c2cc(C)c(NC(C)C3CCCCC3)nn2)ccc1-n1cnc(C)c1. The molecule has 30 heavy (non-hydrogen) atoms. The molecule has 0 aliphatic heterocycles. The molecule has 1 aliphatic carbocycles. The van der Waals surface area contributed by atoms with Crippen molar-refractivity contribution in [2.45, 2.75) is 58.9 Å². The number of aryl methyl sites for hydroxylation is 2. The molecule has 0 radical (unpaired) electrons. The van der Waals surface area contributed by atoms with Crippen molar-refractivity contribution in [3.63, 3.8) is 0 Å². The first kappa shape index (κ1) is 20.3. The van der Waals surface area contributed by atoms with E-state index < -0.39 is 0 Å². The summed E-state index contributed by atoms with van der Waals surface area (Å²) in [4.78, 5) is 8.94. The Labute approximate surface area is 177 Å². The van der Waals surface area contributed by atoms with Gasteiger partial charge in [-0.15, -0.1) is 10.2 Å². The lowest BCUT2D eigenvalue weighted by atomic mass is 9.84. The average Bonchev–Trinajstić information content (AvgIpc) is 3.21. The van der Waals surface area contributed by atoms with Crippen LogP contribution in [0, 0.1) is 19.8 Å². The number of hydrogen-bond donors (Lipinski definition) is 1. The van der Waals surface area contributed by atoms with Crippen molar-refractivity contribution in [1.29, 1.82) is 0 Å². The molecule has 0 aromatic carbocycles. The fourth-order valence-electron chi connectivity index (χ4n) is 4.20. The summed E-state index contributed by atoms with van der Waals surface area (Å²) in [6.45, 7) is 6.27. The van der Waals surface area contributed by atoms with E-state index in [0.717, 1.165) is 34.2 Å². The van der Waals surface area contributed by atoms with Gasteiger partial charge in [-0.05, 0) is 63.3 Å². The van der Waals surface area contributed by atoms with Gasteiger partial charge in [-0.1, -0.05) is 19.3 Å². The number of rotatable bonds is 6. The molecule has 7 heteroatoms. The van der Waals surface area contributed by atoms with Crippen LogP contribution in [-0.4, -0.2) is 37.9 Å². The highest BCUT2D eigenvalue weighted by atomic mass is 16.5. The van der Waals surface area contributed by atoms with Gasteiger partial charge in [0.1, 0.15) is 11.4 Å². The minimum atomic E-state index is 0.403. The van der Waals surface area contributed by atoms with Gasteiger partial charge in [-0.3, -0.25) is 0 Å². The molecule has 3 heterocycles. The topological polar surface area (TPSA) is 77.8 Å². The summed E-state index contributed by atoms with van der Waals surface area (Å²) >= 11 is 0. The standard InChI is InChI=1S/C23H30N6O/c1-15-12-20(27-28-22(15)25-17(3)18-8-6-5-7-9-18)19-10-11-21(23(26-19)30-4)29-13-16(2)24-14-29/h10-14,17-18H,5-9H2,1-4H3,(H,25,28). The first-order valence-corrected chi connectivity index (χ1v) is 10.7. The van der Waals surface area contributed by atoms with Crippen LogP contribution in [0.2, 0.25) is 0 Å². The van der Waals surface area contributed by atoms with Gasteiger partial charge in [0.2, 0.25) is 5.88 Å². The maximum atomic E-state index is 5.52. The second-order valence-electron chi connectivity index (χ2n) is 8.24. The number of nitrogens with one attached hydrogen (secondary N) is 1. The molecule has 4 rings (SSSR count). The summed E-state index contributed by atoms with van der Waals surface area (Å²) < 4.78 is 7.43. The first-order valence-electron chi connectivity index (χ1n) is 10.7. The Kier molecular flexibility index (Phi) is 5.97. The first-order chi connectivity index (χ1) is 14.5. The van der Waals surface area contributed by atoms with E-state index in [1.165, 1.54) is 32.1 Å². The Morgan fingerprint density at radius 2 is 1.90 bits per heavy atom. The zero-order valence-corrected chi connectivity index (χ0v) is 18.2. The number of imidazole rings is 1. The Hall–Kier alpha value is -2.96. The molecule has 1 saturated carbocycles. The molecule has 7 nitrogen and oxygen atoms in total. The van der Waals surface area contributed by atoms with Crippen LogP contribution in [0.5, 0.6) is 5.88 Å². The highest BCUT2D eigenvalue weighted by Crippen LogP contribution is 2.29. The van der Waals surface area contributed by atoms with Crippen LogP contribution in [0.25, 0.3) is 17.1 Å². The van der Waals surface area contributed by atoms with Gasteiger partial charge in [0, 0.05) is 12.2 Å². The molecule has 0 spiro atoms. The van der Waals surface area contributed by atoms with E-state index in [-0.39, 0.29) is 0 Å². The molecule has 158 valence electrons. The summed E-state index contributed by atoms with van der Waals surface area (Å²) in [6, 6.07) is 6.34. The maximum absolute atomic E-state index is 5.52. The average molecular weight is 407 g/mol. The molecule has 1 atom stereocenters. The largest absolute Gasteiger partial charge is 0.479 e. The minimum absolute atomic E-state index is 0.403. The van der Waals surface area contributed by atoms with Crippen molar-refractivity contribution < 1.29 is 4.74 Å². The number of anilines is 1. The molecular formula is C23H30N6O. The Bertz CT molecular complexity index is 1010. The quantitative estimate of drug-likeness (QED) is 0.638. The van der Waals surface area contributed by atoms with Crippen LogP contribution in [-0.2, 0) is 0 Å². The van der Waals surface area contributed by atoms with E-state index in [1.807, 2.05) is 35.9 Å². The second kappa shape index (κ2) is 8.81. The number of methoxy groups -OCH3 is 1. The molecule has 3 aromatic rings. The third kappa shape index (κ3) is 4.30. The van der Waals surface area contributed by atoms with Crippen LogP contribution >= 0.6 is 0 Å². The number of hydrogen-bond acceptors (Lipinski definition) is 6. The van der Waals surface area contributed by atoms with Crippen molar-refractivity contribution in [3.8, 4) is 23.0 Å². The predicted molar refractivity (Wildman–Crippen MR) is 118 cm³/mol. The van der Waals surface area contributed by atoms with Crippen molar-refractivity contribution in [1.82, 2.24) is 24.7 Å². The number of pyridine rings is 1. The van der Waals surface area contributed by atoms with Crippen LogP contribution in [0.4, 0.5) is 5.82 Å². The number of aromatic nitrogens is 5. The number of ether oxygens (including phenoxy) is 1. The lowest BCUT2D eigenvalue weighted by Crippen LogP contribution is -2.28. The summed E-state index contributed by atoms with van der Waals surface area (Å²) in [5.41, 5.74) is 4.31. The Balaban J connectivity index is 1.55. The van der Waals surface area contributed by atoms with Crippen molar-refractivity contribution in [2.24, 2.45) is 5.92 Å². The summed E-state index contributed by atoms with van der Waals surface area (Å²) in [7, 11) is 1.62. The summed E-state index contributed by atoms with van der Waals surface area (Å²) in [6.07, 6.45) is 10.3. The van der Waals surface area contributed by atoms with Gasteiger partial charge < -0.3 is 14.6 Å². The van der Waals surface area contributed by atoms with E-state index in [4.69, 9.17) is 4.74 Å². The van der Waals surface area contributed by atoms with E-state index >= 15 is 0 Å². The zero-order valence-electron chi connectivity index (χ0n) is 18.2. The van der Waals surface area contributed by atoms with Gasteiger partial charge in [0.25, 0.3) is 0 Å². The molecule has 0 amide bonds. The van der Waals surface area contributed by atoms with Crippen molar-refractivity contribution >= 4 is 5.82 Å². The van der Waals surface area contributed by atoms with Gasteiger partial charge >= 0.3 is 0 Å². The Morgan fingerprint density at radius 3 is 2.57 bits per heavy atom. The minimum Gasteiger partial charge on any atom is -0.479 e. The predicted octanol–water partition coefficient (Wildman–Crippen LogP) is 4.73. The summed E-state index contributed by atoms with van der Waals surface area (Å²) in [5, 5.41) is 12.5. The fourth-order valence-corrected chi connectivity index (χ4v) is 4.20. The molecule has 0 bridgehead atoms. The van der Waals surface area contributed by atoms with Crippen molar-refractivity contribution in [2.75, 3.05) is 12.4 Å². The van der Waals surface area contributed by atoms with E-state index in [2.05, 4.69) is 39.3 Å². The lowest BCUT2D eigenvalue weighted by molar-refractivity contribution is 0.328. The highest BCUT2D eigenvalue weighted by molar-refractivity contribution is 5.61. The van der Waals surface area contributed by atoms with Crippen LogP contribution < -0.4 is 10.1 Å². The zero-order chi connectivity index (χ0) is 21.1. The molecule has 3 aromatic heterocycles. The fraction of sp³-hybridized carbons (Fsp3) is 0.478. The van der Waals surface area contributed by atoms with Crippen molar-refractivity contribution in [3.05, 3.63) is 42.0 Å². The normalized spacial score (nSPS) is 15.7. The number of nitrogens with zero attached hydrogens (tertiary/aromatic N) is 5. The molecule has 1 unspecified atom stereocenters. The molecule has 1 aliphatic rings. The molecule has 1 fully saturated rings. The summed E-state index contributed by atoms with van der Waals surface area (Å²) in [5.74, 6) is 2.09. The third-order valence-electron chi connectivity index (χ3n) is 5.99. The van der Waals surface area contributed by atoms with Gasteiger partial charge in [0.15, 0.2) is 5.82 Å². The third-order valence-corrected chi connectivity index (χ3v) is 5.99. The second-order valence-corrected chi connectivity index (χ2v) is 8.24. The highest BCUT2D eigenvalue weighted by Gasteiger charge is 2.21. The van der Waals surface area contributed by atoms with E-state index in [0.29, 0.717) is 17.8 Å². The van der Waals surface area contributed by atoms with Crippen LogP contribution in [0.3, 0.4) is 0 Å². The maximum Gasteiger partial charge on any atom is 0.238 e. The van der Waals surface area contributed by atoms with E-state index in [1.54, 1.807) is 13.4 Å². The Morgan fingerprint density at radius 1 is 1.10 bits per heavy atom. The van der Waals surface area contributed by atoms with Gasteiger partial charge in [0.05, 0.1) is 24.8 Å². The van der Waals surface area contributed by atoms with Gasteiger partial charge in [-0.25, -0.2) is 9.97 Å². The lowest BCUT2D eigenvalue weighted by Gasteiger charge is -2.28. The molecular weight excluding hydrogens is 376 g/mol. The van der Waals surface area contributed by atoms with Crippen LogP contribution in [0.1, 0.15) is 50.3 Å². The smallest absolute Gasteiger partial charge is 0.238 e. The van der Waals surface area contributed by atoms with E-state index in [9.17, 15) is 0 Å². The molecule has 1 N–H and O–H groups in total. The van der Waals surface area contributed by atoms with Crippen LogP contribution in [0.15, 0.2) is 30.7 Å².